The normalized spacial score (nSPS) is 23.3. The van der Waals surface area contributed by atoms with Crippen molar-refractivity contribution in [3.05, 3.63) is 53.9 Å². The van der Waals surface area contributed by atoms with Gasteiger partial charge in [0, 0.05) is 38.8 Å². The maximum atomic E-state index is 5.98. The highest BCUT2D eigenvalue weighted by atomic mass is 15.3. The quantitative estimate of drug-likeness (QED) is 0.918. The summed E-state index contributed by atoms with van der Waals surface area (Å²) in [4.78, 5) is 2.49. The van der Waals surface area contributed by atoms with Crippen LogP contribution in [-0.2, 0) is 13.6 Å². The molecule has 1 fully saturated rings. The van der Waals surface area contributed by atoms with Crippen LogP contribution in [0, 0.1) is 5.92 Å². The number of aryl methyl sites for hydroxylation is 1. The first kappa shape index (κ1) is 13.3. The van der Waals surface area contributed by atoms with Crippen LogP contribution >= 0.6 is 0 Å². The lowest BCUT2D eigenvalue weighted by Gasteiger charge is -2.16. The molecule has 0 bridgehead atoms. The number of hydrogen-bond donors (Lipinski definition) is 1. The number of hydrogen-bond acceptors (Lipinski definition) is 3. The third-order valence-corrected chi connectivity index (χ3v) is 4.36. The highest BCUT2D eigenvalue weighted by Crippen LogP contribution is 2.32. The van der Waals surface area contributed by atoms with Gasteiger partial charge in [0.15, 0.2) is 0 Å². The fourth-order valence-electron chi connectivity index (χ4n) is 3.19. The molecule has 1 saturated heterocycles. The number of likely N-dealkylation sites (tertiary alicyclic amines) is 1. The highest BCUT2D eigenvalue weighted by molar-refractivity contribution is 5.22. The first-order valence-electron chi connectivity index (χ1n) is 7.22. The minimum atomic E-state index is 0.547. The maximum absolute atomic E-state index is 5.98. The summed E-state index contributed by atoms with van der Waals surface area (Å²) in [5.74, 6) is 1.10. The molecule has 2 aromatic rings. The molecule has 20 heavy (non-hydrogen) atoms. The largest absolute Gasteiger partial charge is 0.330 e. The highest BCUT2D eigenvalue weighted by Gasteiger charge is 2.32. The van der Waals surface area contributed by atoms with Gasteiger partial charge >= 0.3 is 0 Å². The molecule has 1 aromatic heterocycles. The number of nitrogens with zero attached hydrogens (tertiary/aromatic N) is 3. The van der Waals surface area contributed by atoms with Crippen molar-refractivity contribution in [1.29, 1.82) is 0 Å². The van der Waals surface area contributed by atoms with E-state index < -0.39 is 0 Å². The molecule has 0 unspecified atom stereocenters. The lowest BCUT2D eigenvalue weighted by Crippen LogP contribution is -2.24. The topological polar surface area (TPSA) is 47.1 Å². The molecule has 0 aliphatic carbocycles. The fraction of sp³-hybridized carbons (Fsp3) is 0.438. The molecule has 1 aliphatic rings. The first-order valence-corrected chi connectivity index (χ1v) is 7.22. The van der Waals surface area contributed by atoms with E-state index in [0.717, 1.165) is 26.2 Å². The zero-order valence-corrected chi connectivity index (χ0v) is 11.9. The third kappa shape index (κ3) is 2.62. The predicted octanol–water partition coefficient (Wildman–Crippen LogP) is 1.59. The van der Waals surface area contributed by atoms with Crippen molar-refractivity contribution in [2.75, 3.05) is 19.6 Å². The Labute approximate surface area is 120 Å². The average molecular weight is 270 g/mol. The van der Waals surface area contributed by atoms with Crippen molar-refractivity contribution in [2.24, 2.45) is 18.7 Å². The van der Waals surface area contributed by atoms with Gasteiger partial charge in [-0.05, 0) is 24.1 Å². The summed E-state index contributed by atoms with van der Waals surface area (Å²) in [5, 5.41) is 4.24. The second-order valence-electron chi connectivity index (χ2n) is 5.65. The first-order chi connectivity index (χ1) is 9.78. The second kappa shape index (κ2) is 5.77. The smallest absolute Gasteiger partial charge is 0.0521 e. The van der Waals surface area contributed by atoms with Gasteiger partial charge in [0.05, 0.1) is 5.69 Å². The molecule has 0 radical (unpaired) electrons. The SMILES string of the molecule is Cn1nccc1CN1C[C@@H](CN)[C@H](c2ccccc2)C1. The van der Waals surface area contributed by atoms with E-state index in [4.69, 9.17) is 5.73 Å². The zero-order chi connectivity index (χ0) is 13.9. The Morgan fingerprint density at radius 3 is 2.65 bits per heavy atom. The number of benzene rings is 1. The minimum absolute atomic E-state index is 0.547. The molecule has 2 N–H and O–H groups in total. The van der Waals surface area contributed by atoms with Crippen LogP contribution in [0.2, 0.25) is 0 Å². The Bertz CT molecular complexity index is 549. The summed E-state index contributed by atoms with van der Waals surface area (Å²) in [7, 11) is 2.00. The van der Waals surface area contributed by atoms with Crippen LogP contribution in [0.1, 0.15) is 17.2 Å². The standard InChI is InChI=1S/C16H22N4/c1-19-15(7-8-18-19)11-20-10-14(9-17)16(12-20)13-5-3-2-4-6-13/h2-8,14,16H,9-12,17H2,1H3/t14-,16+/m1/s1. The number of rotatable bonds is 4. The van der Waals surface area contributed by atoms with Crippen molar-refractivity contribution >= 4 is 0 Å². The van der Waals surface area contributed by atoms with Crippen LogP contribution in [0.4, 0.5) is 0 Å². The van der Waals surface area contributed by atoms with Crippen LogP contribution in [0.25, 0.3) is 0 Å². The zero-order valence-electron chi connectivity index (χ0n) is 11.9. The Morgan fingerprint density at radius 2 is 2.00 bits per heavy atom. The Hall–Kier alpha value is -1.65. The van der Waals surface area contributed by atoms with Crippen LogP contribution in [0.3, 0.4) is 0 Å². The summed E-state index contributed by atoms with van der Waals surface area (Å²) in [5.41, 5.74) is 8.65. The van der Waals surface area contributed by atoms with E-state index in [1.54, 1.807) is 0 Å². The van der Waals surface area contributed by atoms with Gasteiger partial charge in [-0.3, -0.25) is 9.58 Å². The van der Waals surface area contributed by atoms with E-state index in [1.165, 1.54) is 11.3 Å². The monoisotopic (exact) mass is 270 g/mol. The molecule has 1 aliphatic heterocycles. The van der Waals surface area contributed by atoms with Gasteiger partial charge in [-0.2, -0.15) is 5.10 Å². The Morgan fingerprint density at radius 1 is 1.20 bits per heavy atom. The van der Waals surface area contributed by atoms with Gasteiger partial charge in [-0.25, -0.2) is 0 Å². The third-order valence-electron chi connectivity index (χ3n) is 4.36. The van der Waals surface area contributed by atoms with Gasteiger partial charge in [0.1, 0.15) is 0 Å². The second-order valence-corrected chi connectivity index (χ2v) is 5.65. The van der Waals surface area contributed by atoms with E-state index in [2.05, 4.69) is 46.4 Å². The maximum Gasteiger partial charge on any atom is 0.0521 e. The van der Waals surface area contributed by atoms with Crippen molar-refractivity contribution < 1.29 is 0 Å². The summed E-state index contributed by atoms with van der Waals surface area (Å²) in [6, 6.07) is 12.8. The van der Waals surface area contributed by atoms with Crippen LogP contribution in [0.15, 0.2) is 42.6 Å². The summed E-state index contributed by atoms with van der Waals surface area (Å²) >= 11 is 0. The molecular weight excluding hydrogens is 248 g/mol. The van der Waals surface area contributed by atoms with Gasteiger partial charge in [-0.1, -0.05) is 30.3 Å². The van der Waals surface area contributed by atoms with Crippen LogP contribution in [-0.4, -0.2) is 34.3 Å². The summed E-state index contributed by atoms with van der Waals surface area (Å²) < 4.78 is 1.95. The lowest BCUT2D eigenvalue weighted by atomic mass is 9.89. The molecule has 4 heteroatoms. The van der Waals surface area contributed by atoms with Gasteiger partial charge < -0.3 is 5.73 Å². The van der Waals surface area contributed by atoms with E-state index in [1.807, 2.05) is 17.9 Å². The summed E-state index contributed by atoms with van der Waals surface area (Å²) in [6.45, 7) is 3.86. The van der Waals surface area contributed by atoms with Crippen LogP contribution < -0.4 is 5.73 Å². The van der Waals surface area contributed by atoms with Gasteiger partial charge in [0.25, 0.3) is 0 Å². The minimum Gasteiger partial charge on any atom is -0.330 e. The summed E-state index contributed by atoms with van der Waals surface area (Å²) in [6.07, 6.45) is 1.86. The van der Waals surface area contributed by atoms with Crippen molar-refractivity contribution in [3.63, 3.8) is 0 Å². The molecule has 0 amide bonds. The van der Waals surface area contributed by atoms with Crippen molar-refractivity contribution in [3.8, 4) is 0 Å². The van der Waals surface area contributed by atoms with Gasteiger partial charge in [-0.15, -0.1) is 0 Å². The number of aromatic nitrogens is 2. The van der Waals surface area contributed by atoms with Crippen molar-refractivity contribution in [2.45, 2.75) is 12.5 Å². The molecule has 1 aromatic carbocycles. The molecule has 0 saturated carbocycles. The molecule has 3 rings (SSSR count). The van der Waals surface area contributed by atoms with Crippen LogP contribution in [0.5, 0.6) is 0 Å². The average Bonchev–Trinajstić information content (AvgIpc) is 3.07. The Balaban J connectivity index is 1.73. The van der Waals surface area contributed by atoms with Crippen molar-refractivity contribution in [1.82, 2.24) is 14.7 Å². The van der Waals surface area contributed by atoms with Gasteiger partial charge in [0.2, 0.25) is 0 Å². The van der Waals surface area contributed by atoms with E-state index >= 15 is 0 Å². The molecule has 2 atom stereocenters. The molecule has 2 heterocycles. The molecule has 106 valence electrons. The molecule has 4 nitrogen and oxygen atoms in total. The predicted molar refractivity (Wildman–Crippen MR) is 80.2 cm³/mol. The lowest BCUT2D eigenvalue weighted by molar-refractivity contribution is 0.307. The Kier molecular flexibility index (Phi) is 3.85. The molecule has 0 spiro atoms. The fourth-order valence-corrected chi connectivity index (χ4v) is 3.19. The van der Waals surface area contributed by atoms with E-state index in [9.17, 15) is 0 Å². The van der Waals surface area contributed by atoms with E-state index in [0.29, 0.717) is 11.8 Å². The van der Waals surface area contributed by atoms with E-state index in [-0.39, 0.29) is 0 Å². The number of nitrogens with two attached hydrogens (primary N) is 1. The molecular formula is C16H22N4.